The molecule has 0 aliphatic carbocycles. The van der Waals surface area contributed by atoms with Gasteiger partial charge < -0.3 is 4.98 Å². The fraction of sp³-hybridized carbons (Fsp3) is 0.290. The summed E-state index contributed by atoms with van der Waals surface area (Å²) in [5.74, 6) is 0.426. The number of H-pyrrole nitrogens is 1. The summed E-state index contributed by atoms with van der Waals surface area (Å²) in [6, 6.07) is 20.8. The van der Waals surface area contributed by atoms with Gasteiger partial charge in [0.15, 0.2) is 5.82 Å². The Hall–Kier alpha value is -4.17. The molecule has 7 nitrogen and oxygen atoms in total. The number of nitrogens with zero attached hydrogens (tertiary/aromatic N) is 5. The zero-order valence-electron chi connectivity index (χ0n) is 22.8. The molecule has 5 rings (SSSR count). The van der Waals surface area contributed by atoms with E-state index >= 15 is 0 Å². The van der Waals surface area contributed by atoms with Crippen LogP contribution in [0.5, 0.6) is 0 Å². The Morgan fingerprint density at radius 1 is 0.949 bits per heavy atom. The minimum atomic E-state index is -0.280. The van der Waals surface area contributed by atoms with Gasteiger partial charge in [0, 0.05) is 18.7 Å². The Kier molecular flexibility index (Phi) is 7.65. The van der Waals surface area contributed by atoms with Gasteiger partial charge in [0.25, 0.3) is 5.56 Å². The fourth-order valence-electron chi connectivity index (χ4n) is 5.04. The number of aryl methyl sites for hydroxylation is 3. The van der Waals surface area contributed by atoms with Crippen molar-refractivity contribution in [1.29, 1.82) is 0 Å². The summed E-state index contributed by atoms with van der Waals surface area (Å²) >= 11 is 0. The molecule has 200 valence electrons. The van der Waals surface area contributed by atoms with Crippen LogP contribution in [-0.4, -0.2) is 30.1 Å². The third-order valence-electron chi connectivity index (χ3n) is 7.44. The van der Waals surface area contributed by atoms with E-state index in [-0.39, 0.29) is 17.4 Å². The lowest BCUT2D eigenvalue weighted by molar-refractivity contribution is 0.161. The van der Waals surface area contributed by atoms with Crippen LogP contribution in [0.3, 0.4) is 0 Å². The van der Waals surface area contributed by atoms with Gasteiger partial charge in [-0.1, -0.05) is 61.0 Å². The number of nitrogens with one attached hydrogen (secondary N) is 1. The lowest BCUT2D eigenvalue weighted by atomic mass is 10.0. The number of benzene rings is 3. The molecule has 1 N–H and O–H groups in total. The Morgan fingerprint density at radius 2 is 1.67 bits per heavy atom. The van der Waals surface area contributed by atoms with Crippen LogP contribution in [0.1, 0.15) is 58.6 Å². The highest BCUT2D eigenvalue weighted by Gasteiger charge is 2.26. The van der Waals surface area contributed by atoms with E-state index < -0.39 is 0 Å². The standard InChI is InChI=1S/C31H33FN6O/c1-5-28(30-34-35-36-38(30)18-24-11-14-27(32)15-12-24)37(17-23-9-6-20(2)7-10-23)19-26-16-25-13-8-21(3)22(4)29(25)33-31(26)39/h6-16,28H,5,17-19H2,1-4H3,(H,33,39)/t28-/m0/s1. The van der Waals surface area contributed by atoms with Crippen LogP contribution in [0, 0.1) is 26.6 Å². The maximum Gasteiger partial charge on any atom is 0.252 e. The van der Waals surface area contributed by atoms with Gasteiger partial charge in [-0.25, -0.2) is 9.07 Å². The highest BCUT2D eigenvalue weighted by atomic mass is 19.1. The molecule has 39 heavy (non-hydrogen) atoms. The van der Waals surface area contributed by atoms with Crippen LogP contribution in [-0.2, 0) is 19.6 Å². The predicted molar refractivity (Wildman–Crippen MR) is 151 cm³/mol. The summed E-state index contributed by atoms with van der Waals surface area (Å²) in [6.07, 6.45) is 0.736. The topological polar surface area (TPSA) is 79.7 Å². The van der Waals surface area contributed by atoms with Crippen LogP contribution in [0.4, 0.5) is 4.39 Å². The average Bonchev–Trinajstić information content (AvgIpc) is 3.38. The van der Waals surface area contributed by atoms with Crippen LogP contribution in [0.2, 0.25) is 0 Å². The lowest BCUT2D eigenvalue weighted by Gasteiger charge is -2.30. The van der Waals surface area contributed by atoms with Gasteiger partial charge in [-0.3, -0.25) is 9.69 Å². The van der Waals surface area contributed by atoms with Gasteiger partial charge in [0.1, 0.15) is 5.82 Å². The maximum absolute atomic E-state index is 13.5. The van der Waals surface area contributed by atoms with Gasteiger partial charge in [-0.15, -0.1) is 5.10 Å². The van der Waals surface area contributed by atoms with E-state index in [2.05, 4.69) is 75.7 Å². The first kappa shape index (κ1) is 26.4. The Balaban J connectivity index is 1.52. The number of tetrazole rings is 1. The SMILES string of the molecule is CC[C@@H](c1nnnn1Cc1ccc(F)cc1)N(Cc1ccc(C)cc1)Cc1cc2ccc(C)c(C)c2[nH]c1=O. The van der Waals surface area contributed by atoms with E-state index in [0.29, 0.717) is 31.0 Å². The summed E-state index contributed by atoms with van der Waals surface area (Å²) in [5.41, 5.74) is 6.94. The van der Waals surface area contributed by atoms with E-state index in [1.165, 1.54) is 17.7 Å². The van der Waals surface area contributed by atoms with Crippen LogP contribution < -0.4 is 5.56 Å². The van der Waals surface area contributed by atoms with Crippen LogP contribution in [0.15, 0.2) is 71.5 Å². The molecule has 0 aliphatic rings. The van der Waals surface area contributed by atoms with Gasteiger partial charge in [0.2, 0.25) is 0 Å². The zero-order valence-corrected chi connectivity index (χ0v) is 22.8. The van der Waals surface area contributed by atoms with E-state index in [0.717, 1.165) is 39.6 Å². The molecular formula is C31H33FN6O. The van der Waals surface area contributed by atoms with Crippen molar-refractivity contribution in [3.05, 3.63) is 122 Å². The molecule has 3 aromatic carbocycles. The molecule has 8 heteroatoms. The largest absolute Gasteiger partial charge is 0.321 e. The minimum Gasteiger partial charge on any atom is -0.321 e. The average molecular weight is 525 g/mol. The smallest absolute Gasteiger partial charge is 0.252 e. The number of fused-ring (bicyclic) bond motifs is 1. The molecule has 0 unspecified atom stereocenters. The van der Waals surface area contributed by atoms with E-state index in [4.69, 9.17) is 0 Å². The summed E-state index contributed by atoms with van der Waals surface area (Å²) in [7, 11) is 0. The first-order chi connectivity index (χ1) is 18.8. The second-order valence-corrected chi connectivity index (χ2v) is 10.2. The third kappa shape index (κ3) is 5.81. The number of aromatic nitrogens is 5. The van der Waals surface area contributed by atoms with Crippen LogP contribution >= 0.6 is 0 Å². The van der Waals surface area contributed by atoms with Gasteiger partial charge in [0.05, 0.1) is 18.1 Å². The summed E-state index contributed by atoms with van der Waals surface area (Å²) in [4.78, 5) is 18.7. The van der Waals surface area contributed by atoms with E-state index in [9.17, 15) is 9.18 Å². The van der Waals surface area contributed by atoms with Crippen molar-refractivity contribution in [1.82, 2.24) is 30.1 Å². The second-order valence-electron chi connectivity index (χ2n) is 10.2. The predicted octanol–water partition coefficient (Wildman–Crippen LogP) is 5.78. The molecule has 2 aromatic heterocycles. The van der Waals surface area contributed by atoms with Gasteiger partial charge in [-0.2, -0.15) is 0 Å². The quantitative estimate of drug-likeness (QED) is 0.264. The molecule has 2 heterocycles. The fourth-order valence-corrected chi connectivity index (χ4v) is 5.04. The van der Waals surface area contributed by atoms with E-state index in [1.807, 2.05) is 19.9 Å². The van der Waals surface area contributed by atoms with Crippen molar-refractivity contribution in [2.45, 2.75) is 59.8 Å². The molecule has 0 saturated heterocycles. The minimum absolute atomic E-state index is 0.0918. The van der Waals surface area contributed by atoms with Gasteiger partial charge in [-0.05, 0) is 83.5 Å². The number of hydrogen-bond donors (Lipinski definition) is 1. The number of aromatic amines is 1. The van der Waals surface area contributed by atoms with E-state index in [1.54, 1.807) is 16.8 Å². The van der Waals surface area contributed by atoms with Crippen molar-refractivity contribution < 1.29 is 4.39 Å². The van der Waals surface area contributed by atoms with Gasteiger partial charge >= 0.3 is 0 Å². The Bertz CT molecular complexity index is 1640. The monoisotopic (exact) mass is 524 g/mol. The molecule has 0 spiro atoms. The normalized spacial score (nSPS) is 12.4. The highest BCUT2D eigenvalue weighted by Crippen LogP contribution is 2.27. The number of pyridine rings is 1. The van der Waals surface area contributed by atoms with Crippen molar-refractivity contribution in [3.63, 3.8) is 0 Å². The molecule has 5 aromatic rings. The molecule has 0 fully saturated rings. The van der Waals surface area contributed by atoms with Crippen molar-refractivity contribution in [2.24, 2.45) is 0 Å². The molecule has 0 bridgehead atoms. The summed E-state index contributed by atoms with van der Waals surface area (Å²) in [5, 5.41) is 13.7. The Morgan fingerprint density at radius 3 is 2.38 bits per heavy atom. The molecular weight excluding hydrogens is 491 g/mol. The van der Waals surface area contributed by atoms with Crippen molar-refractivity contribution >= 4 is 10.9 Å². The van der Waals surface area contributed by atoms with Crippen LogP contribution in [0.25, 0.3) is 10.9 Å². The number of rotatable bonds is 9. The second kappa shape index (κ2) is 11.3. The maximum atomic E-state index is 13.5. The molecule has 1 atom stereocenters. The lowest BCUT2D eigenvalue weighted by Crippen LogP contribution is -2.32. The Labute approximate surface area is 227 Å². The first-order valence-corrected chi connectivity index (χ1v) is 13.2. The highest BCUT2D eigenvalue weighted by molar-refractivity contribution is 5.83. The molecule has 0 saturated carbocycles. The van der Waals surface area contributed by atoms with Crippen molar-refractivity contribution in [2.75, 3.05) is 0 Å². The number of halogens is 1. The number of hydrogen-bond acceptors (Lipinski definition) is 5. The first-order valence-electron chi connectivity index (χ1n) is 13.2. The summed E-state index contributed by atoms with van der Waals surface area (Å²) < 4.78 is 15.2. The third-order valence-corrected chi connectivity index (χ3v) is 7.44. The molecule has 0 aliphatic heterocycles. The van der Waals surface area contributed by atoms with Crippen molar-refractivity contribution in [3.8, 4) is 0 Å². The summed E-state index contributed by atoms with van der Waals surface area (Å²) in [6.45, 7) is 9.71. The molecule has 0 radical (unpaired) electrons. The molecule has 0 amide bonds. The zero-order chi connectivity index (χ0) is 27.5.